The zero-order valence-electron chi connectivity index (χ0n) is 15.0. The van der Waals surface area contributed by atoms with Gasteiger partial charge in [0.15, 0.2) is 5.76 Å². The maximum absolute atomic E-state index is 12.2. The van der Waals surface area contributed by atoms with Gasteiger partial charge in [-0.25, -0.2) is 0 Å². The Morgan fingerprint density at radius 3 is 2.77 bits per heavy atom. The third-order valence-electron chi connectivity index (χ3n) is 4.89. The lowest BCUT2D eigenvalue weighted by molar-refractivity contribution is 0.0915. The average Bonchev–Trinajstić information content (AvgIpc) is 3.36. The van der Waals surface area contributed by atoms with Crippen LogP contribution in [0.25, 0.3) is 22.6 Å². The van der Waals surface area contributed by atoms with Gasteiger partial charge in [-0.1, -0.05) is 18.2 Å². The summed E-state index contributed by atoms with van der Waals surface area (Å²) in [7, 11) is 0. The summed E-state index contributed by atoms with van der Waals surface area (Å²) in [5.41, 5.74) is 2.76. The highest BCUT2D eigenvalue weighted by Gasteiger charge is 2.22. The number of hydrogen-bond acceptors (Lipinski definition) is 6. The van der Waals surface area contributed by atoms with E-state index in [1.54, 1.807) is 0 Å². The van der Waals surface area contributed by atoms with Crippen LogP contribution in [0.15, 0.2) is 27.0 Å². The molecule has 1 saturated heterocycles. The molecule has 7 heteroatoms. The van der Waals surface area contributed by atoms with Gasteiger partial charge in [0.05, 0.1) is 0 Å². The summed E-state index contributed by atoms with van der Waals surface area (Å²) in [6.07, 6.45) is 2.47. The standard InChI is InChI=1S/C19H22N4O3/c1-12-6-5-7-14-13(2)16(25-15(12)14)18-21-22-19(26-18)17(24)20-8-11-23-9-3-4-10-23/h5-7H,3-4,8-11H2,1-2H3,(H,20,24). The number of nitrogens with one attached hydrogen (secondary N) is 1. The Balaban J connectivity index is 1.48. The Hall–Kier alpha value is -2.67. The highest BCUT2D eigenvalue weighted by atomic mass is 16.4. The highest BCUT2D eigenvalue weighted by molar-refractivity contribution is 5.90. The van der Waals surface area contributed by atoms with Gasteiger partial charge >= 0.3 is 11.8 Å². The van der Waals surface area contributed by atoms with E-state index in [0.29, 0.717) is 12.3 Å². The summed E-state index contributed by atoms with van der Waals surface area (Å²) >= 11 is 0. The first-order valence-corrected chi connectivity index (χ1v) is 8.96. The van der Waals surface area contributed by atoms with Gasteiger partial charge in [0.1, 0.15) is 5.58 Å². The number of hydrogen-bond donors (Lipinski definition) is 1. The predicted octanol–water partition coefficient (Wildman–Crippen LogP) is 2.93. The first-order chi connectivity index (χ1) is 12.6. The molecule has 0 aliphatic carbocycles. The summed E-state index contributed by atoms with van der Waals surface area (Å²) in [4.78, 5) is 14.6. The van der Waals surface area contributed by atoms with Gasteiger partial charge in [-0.3, -0.25) is 4.79 Å². The number of furan rings is 1. The normalized spacial score (nSPS) is 15.0. The van der Waals surface area contributed by atoms with Crippen molar-refractivity contribution in [2.24, 2.45) is 0 Å². The van der Waals surface area contributed by atoms with E-state index in [9.17, 15) is 4.79 Å². The maximum atomic E-state index is 12.2. The molecule has 2 aromatic heterocycles. The van der Waals surface area contributed by atoms with E-state index >= 15 is 0 Å². The predicted molar refractivity (Wildman–Crippen MR) is 97.0 cm³/mol. The van der Waals surface area contributed by atoms with Gasteiger partial charge in [0, 0.05) is 24.0 Å². The number of amides is 1. The second kappa shape index (κ2) is 6.92. The van der Waals surface area contributed by atoms with Gasteiger partial charge in [0.25, 0.3) is 5.89 Å². The number of aromatic nitrogens is 2. The minimum Gasteiger partial charge on any atom is -0.450 e. The average molecular weight is 354 g/mol. The van der Waals surface area contributed by atoms with E-state index in [2.05, 4.69) is 20.4 Å². The summed E-state index contributed by atoms with van der Waals surface area (Å²) < 4.78 is 11.5. The molecule has 0 atom stereocenters. The van der Waals surface area contributed by atoms with Crippen molar-refractivity contribution in [1.29, 1.82) is 0 Å². The van der Waals surface area contributed by atoms with Crippen molar-refractivity contribution in [3.63, 3.8) is 0 Å². The van der Waals surface area contributed by atoms with Gasteiger partial charge in [-0.15, -0.1) is 10.2 Å². The Kier molecular flexibility index (Phi) is 4.46. The molecule has 0 unspecified atom stereocenters. The van der Waals surface area contributed by atoms with Crippen LogP contribution in [0, 0.1) is 13.8 Å². The molecule has 4 rings (SSSR count). The van der Waals surface area contributed by atoms with E-state index in [4.69, 9.17) is 8.83 Å². The zero-order chi connectivity index (χ0) is 18.1. The van der Waals surface area contributed by atoms with Crippen molar-refractivity contribution in [3.8, 4) is 11.7 Å². The van der Waals surface area contributed by atoms with Crippen molar-refractivity contribution in [3.05, 3.63) is 35.2 Å². The molecule has 26 heavy (non-hydrogen) atoms. The number of nitrogens with zero attached hydrogens (tertiary/aromatic N) is 3. The van der Waals surface area contributed by atoms with Crippen LogP contribution in [0.2, 0.25) is 0 Å². The molecule has 0 bridgehead atoms. The SMILES string of the molecule is Cc1c(-c2nnc(C(=O)NCCN3CCCC3)o2)oc2c(C)cccc12. The van der Waals surface area contributed by atoms with Crippen LogP contribution in [0.5, 0.6) is 0 Å². The van der Waals surface area contributed by atoms with Crippen molar-refractivity contribution in [2.75, 3.05) is 26.2 Å². The number of benzene rings is 1. The fraction of sp³-hybridized carbons (Fsp3) is 0.421. The Morgan fingerprint density at radius 1 is 1.19 bits per heavy atom. The van der Waals surface area contributed by atoms with Crippen LogP contribution < -0.4 is 5.32 Å². The molecule has 3 aromatic rings. The maximum Gasteiger partial charge on any atom is 0.308 e. The molecule has 0 radical (unpaired) electrons. The number of likely N-dealkylation sites (tertiary alicyclic amines) is 1. The molecule has 0 spiro atoms. The summed E-state index contributed by atoms with van der Waals surface area (Å²) in [6, 6.07) is 5.96. The lowest BCUT2D eigenvalue weighted by atomic mass is 10.1. The van der Waals surface area contributed by atoms with Gasteiger partial charge < -0.3 is 19.1 Å². The van der Waals surface area contributed by atoms with Crippen LogP contribution in [0.1, 0.15) is 34.7 Å². The molecule has 1 amide bonds. The minimum absolute atomic E-state index is 0.0435. The molecule has 1 aliphatic rings. The monoisotopic (exact) mass is 354 g/mol. The third kappa shape index (κ3) is 3.10. The fourth-order valence-corrected chi connectivity index (χ4v) is 3.40. The smallest absolute Gasteiger partial charge is 0.308 e. The van der Waals surface area contributed by atoms with Crippen LogP contribution in [0.3, 0.4) is 0 Å². The van der Waals surface area contributed by atoms with E-state index in [0.717, 1.165) is 41.7 Å². The van der Waals surface area contributed by atoms with Crippen LogP contribution in [-0.4, -0.2) is 47.2 Å². The lowest BCUT2D eigenvalue weighted by Gasteiger charge is -2.13. The van der Waals surface area contributed by atoms with Crippen molar-refractivity contribution < 1.29 is 13.6 Å². The van der Waals surface area contributed by atoms with Gasteiger partial charge in [0.2, 0.25) is 0 Å². The molecule has 0 saturated carbocycles. The summed E-state index contributed by atoms with van der Waals surface area (Å²) in [5.74, 6) is 0.339. The number of fused-ring (bicyclic) bond motifs is 1. The Morgan fingerprint density at radius 2 is 2.00 bits per heavy atom. The van der Waals surface area contributed by atoms with Crippen molar-refractivity contribution in [2.45, 2.75) is 26.7 Å². The molecule has 136 valence electrons. The topological polar surface area (TPSA) is 84.4 Å². The van der Waals surface area contributed by atoms with Crippen molar-refractivity contribution in [1.82, 2.24) is 20.4 Å². The molecule has 1 N–H and O–H groups in total. The van der Waals surface area contributed by atoms with E-state index in [1.807, 2.05) is 32.0 Å². The number of carbonyl (C=O) groups excluding carboxylic acids is 1. The molecular weight excluding hydrogens is 332 g/mol. The molecule has 7 nitrogen and oxygen atoms in total. The third-order valence-corrected chi connectivity index (χ3v) is 4.89. The quantitative estimate of drug-likeness (QED) is 0.758. The summed E-state index contributed by atoms with van der Waals surface area (Å²) in [6.45, 7) is 7.55. The first kappa shape index (κ1) is 16.8. The highest BCUT2D eigenvalue weighted by Crippen LogP contribution is 2.33. The van der Waals surface area contributed by atoms with E-state index in [1.165, 1.54) is 12.8 Å². The van der Waals surface area contributed by atoms with E-state index in [-0.39, 0.29) is 17.7 Å². The van der Waals surface area contributed by atoms with Crippen LogP contribution in [0.4, 0.5) is 0 Å². The summed E-state index contributed by atoms with van der Waals surface area (Å²) in [5, 5.41) is 11.7. The van der Waals surface area contributed by atoms with Crippen LogP contribution >= 0.6 is 0 Å². The minimum atomic E-state index is -0.354. The van der Waals surface area contributed by atoms with Crippen molar-refractivity contribution >= 4 is 16.9 Å². The number of para-hydroxylation sites is 1. The lowest BCUT2D eigenvalue weighted by Crippen LogP contribution is -2.33. The molecule has 1 aromatic carbocycles. The Bertz CT molecular complexity index is 938. The molecular formula is C19H22N4O3. The molecule has 1 aliphatic heterocycles. The van der Waals surface area contributed by atoms with E-state index < -0.39 is 0 Å². The zero-order valence-corrected chi connectivity index (χ0v) is 15.0. The second-order valence-electron chi connectivity index (χ2n) is 6.72. The number of rotatable bonds is 5. The first-order valence-electron chi connectivity index (χ1n) is 8.96. The van der Waals surface area contributed by atoms with Gasteiger partial charge in [-0.2, -0.15) is 0 Å². The van der Waals surface area contributed by atoms with Gasteiger partial charge in [-0.05, 0) is 45.3 Å². The fourth-order valence-electron chi connectivity index (χ4n) is 3.40. The van der Waals surface area contributed by atoms with Crippen LogP contribution in [-0.2, 0) is 0 Å². The largest absolute Gasteiger partial charge is 0.450 e. The Labute approximate surface area is 151 Å². The molecule has 3 heterocycles. The molecule has 1 fully saturated rings. The number of aryl methyl sites for hydroxylation is 2. The number of carbonyl (C=O) groups is 1. The second-order valence-corrected chi connectivity index (χ2v) is 6.72.